The number of hydrogen-bond acceptors (Lipinski definition) is 3. The molecule has 4 heteroatoms. The number of rotatable bonds is 0. The van der Waals surface area contributed by atoms with Crippen LogP contribution in [0.2, 0.25) is 0 Å². The molecule has 0 radical (unpaired) electrons. The summed E-state index contributed by atoms with van der Waals surface area (Å²) in [5.41, 5.74) is 5.03. The van der Waals surface area contributed by atoms with Gasteiger partial charge in [-0.25, -0.2) is 0 Å². The van der Waals surface area contributed by atoms with E-state index >= 15 is 0 Å². The van der Waals surface area contributed by atoms with Gasteiger partial charge in [-0.05, 0) is 18.7 Å². The van der Waals surface area contributed by atoms with Crippen molar-refractivity contribution in [1.82, 2.24) is 0 Å². The van der Waals surface area contributed by atoms with E-state index in [-0.39, 0.29) is 5.17 Å². The number of amidine groups is 1. The van der Waals surface area contributed by atoms with Crippen LogP contribution in [0.1, 0.15) is 6.92 Å². The SMILES string of the molecule is C/N=C(\C)SC(=N)N. The van der Waals surface area contributed by atoms with Crippen LogP contribution in [-0.2, 0) is 0 Å². The lowest BCUT2D eigenvalue weighted by Gasteiger charge is -1.92. The Kier molecular flexibility index (Phi) is 3.26. The van der Waals surface area contributed by atoms with E-state index in [0.29, 0.717) is 0 Å². The fourth-order valence-electron chi connectivity index (χ4n) is 0.205. The Morgan fingerprint density at radius 2 is 2.25 bits per heavy atom. The second-order valence-corrected chi connectivity index (χ2v) is 2.44. The maximum Gasteiger partial charge on any atom is 0.157 e. The van der Waals surface area contributed by atoms with Crippen molar-refractivity contribution >= 4 is 22.0 Å². The molecule has 0 rings (SSSR count). The number of nitrogens with two attached hydrogens (primary N) is 1. The molecule has 0 saturated carbocycles. The molecule has 0 heterocycles. The highest BCUT2D eigenvalue weighted by molar-refractivity contribution is 8.26. The highest BCUT2D eigenvalue weighted by Gasteiger charge is 1.90. The van der Waals surface area contributed by atoms with Crippen LogP contribution in [0.3, 0.4) is 0 Å². The topological polar surface area (TPSA) is 62.2 Å². The summed E-state index contributed by atoms with van der Waals surface area (Å²) >= 11 is 1.17. The largest absolute Gasteiger partial charge is 0.378 e. The first-order valence-electron chi connectivity index (χ1n) is 2.12. The molecule has 0 bridgehead atoms. The van der Waals surface area contributed by atoms with Crippen LogP contribution >= 0.6 is 11.8 Å². The zero-order chi connectivity index (χ0) is 6.57. The highest BCUT2D eigenvalue weighted by Crippen LogP contribution is 1.99. The van der Waals surface area contributed by atoms with Gasteiger partial charge in [0, 0.05) is 7.05 Å². The van der Waals surface area contributed by atoms with E-state index in [1.54, 1.807) is 7.05 Å². The van der Waals surface area contributed by atoms with Crippen LogP contribution < -0.4 is 5.73 Å². The van der Waals surface area contributed by atoms with Gasteiger partial charge in [-0.1, -0.05) is 0 Å². The zero-order valence-corrected chi connectivity index (χ0v) is 5.75. The molecule has 0 aliphatic heterocycles. The minimum atomic E-state index is 0.0908. The van der Waals surface area contributed by atoms with Gasteiger partial charge in [0.15, 0.2) is 5.17 Å². The first-order valence-corrected chi connectivity index (χ1v) is 2.93. The predicted molar refractivity (Wildman–Crippen MR) is 38.5 cm³/mol. The van der Waals surface area contributed by atoms with Crippen LogP contribution in [-0.4, -0.2) is 17.3 Å². The first-order chi connectivity index (χ1) is 3.66. The van der Waals surface area contributed by atoms with Gasteiger partial charge in [0.2, 0.25) is 0 Å². The van der Waals surface area contributed by atoms with E-state index in [1.165, 1.54) is 11.8 Å². The van der Waals surface area contributed by atoms with Gasteiger partial charge in [0.25, 0.3) is 0 Å². The Morgan fingerprint density at radius 3 is 2.38 bits per heavy atom. The van der Waals surface area contributed by atoms with Crippen molar-refractivity contribution in [3.8, 4) is 0 Å². The number of nitrogens with one attached hydrogen (secondary N) is 1. The molecule has 3 nitrogen and oxygen atoms in total. The molecule has 0 aliphatic carbocycles. The Labute approximate surface area is 52.9 Å². The molecule has 0 atom stereocenters. The van der Waals surface area contributed by atoms with E-state index in [4.69, 9.17) is 11.1 Å². The average Bonchev–Trinajstić information content (AvgIpc) is 1.65. The van der Waals surface area contributed by atoms with Crippen molar-refractivity contribution in [3.63, 3.8) is 0 Å². The minimum Gasteiger partial charge on any atom is -0.378 e. The third-order valence-electron chi connectivity index (χ3n) is 0.573. The summed E-state index contributed by atoms with van der Waals surface area (Å²) in [6, 6.07) is 0. The van der Waals surface area contributed by atoms with Crippen LogP contribution in [0, 0.1) is 5.41 Å². The molecule has 0 aromatic rings. The Morgan fingerprint density at radius 1 is 1.75 bits per heavy atom. The maximum atomic E-state index is 6.79. The Bertz CT molecular complexity index is 118. The van der Waals surface area contributed by atoms with Crippen molar-refractivity contribution in [1.29, 1.82) is 5.41 Å². The quantitative estimate of drug-likeness (QED) is 0.375. The van der Waals surface area contributed by atoms with Crippen molar-refractivity contribution in [2.24, 2.45) is 10.7 Å². The summed E-state index contributed by atoms with van der Waals surface area (Å²) in [5, 5.41) is 7.70. The molecule has 0 unspecified atom stereocenters. The fraction of sp³-hybridized carbons (Fsp3) is 0.500. The molecule has 0 amide bonds. The molecule has 0 aliphatic rings. The molecule has 0 fully saturated rings. The standard InChI is InChI=1S/C4H9N3S/c1-3(7-2)8-4(5)6/h1-2H3,(H3,5,6)/b7-3+. The molecule has 3 N–H and O–H groups in total. The minimum absolute atomic E-state index is 0.0908. The van der Waals surface area contributed by atoms with E-state index in [1.807, 2.05) is 6.92 Å². The molecule has 0 saturated heterocycles. The van der Waals surface area contributed by atoms with Crippen LogP contribution in [0.25, 0.3) is 0 Å². The van der Waals surface area contributed by atoms with Crippen LogP contribution in [0.5, 0.6) is 0 Å². The molecule has 0 aromatic heterocycles. The van der Waals surface area contributed by atoms with Gasteiger partial charge in [-0.15, -0.1) is 0 Å². The summed E-state index contributed by atoms with van der Waals surface area (Å²) in [6.45, 7) is 1.81. The normalized spacial score (nSPS) is 11.5. The lowest BCUT2D eigenvalue weighted by molar-refractivity contribution is 1.45. The number of nitrogens with zero attached hydrogens (tertiary/aromatic N) is 1. The van der Waals surface area contributed by atoms with Gasteiger partial charge in [0.05, 0.1) is 5.04 Å². The lowest BCUT2D eigenvalue weighted by atomic mass is 10.9. The average molecular weight is 131 g/mol. The number of hydrogen-bond donors (Lipinski definition) is 2. The lowest BCUT2D eigenvalue weighted by Crippen LogP contribution is -2.05. The summed E-state index contributed by atoms with van der Waals surface area (Å²) < 4.78 is 0. The second-order valence-electron chi connectivity index (χ2n) is 1.21. The molecular weight excluding hydrogens is 122 g/mol. The summed E-state index contributed by atoms with van der Waals surface area (Å²) in [6.07, 6.45) is 0. The molecule has 8 heavy (non-hydrogen) atoms. The molecule has 0 aromatic carbocycles. The molecule has 46 valence electrons. The van der Waals surface area contributed by atoms with E-state index in [2.05, 4.69) is 4.99 Å². The molecule has 0 spiro atoms. The maximum absolute atomic E-state index is 6.79. The van der Waals surface area contributed by atoms with Gasteiger partial charge in [0.1, 0.15) is 0 Å². The Hall–Kier alpha value is -0.510. The summed E-state index contributed by atoms with van der Waals surface area (Å²) in [5.74, 6) is 0. The summed E-state index contributed by atoms with van der Waals surface area (Å²) in [4.78, 5) is 3.79. The number of aliphatic imine (C=N–C) groups is 1. The monoisotopic (exact) mass is 131 g/mol. The van der Waals surface area contributed by atoms with Crippen LogP contribution in [0.15, 0.2) is 4.99 Å². The predicted octanol–water partition coefficient (Wildman–Crippen LogP) is 0.661. The second kappa shape index (κ2) is 3.49. The van der Waals surface area contributed by atoms with Gasteiger partial charge >= 0.3 is 0 Å². The van der Waals surface area contributed by atoms with E-state index < -0.39 is 0 Å². The fourth-order valence-corrected chi connectivity index (χ4v) is 0.614. The summed E-state index contributed by atoms with van der Waals surface area (Å²) in [7, 11) is 1.67. The highest BCUT2D eigenvalue weighted by atomic mass is 32.2. The van der Waals surface area contributed by atoms with Crippen molar-refractivity contribution < 1.29 is 0 Å². The zero-order valence-electron chi connectivity index (χ0n) is 4.93. The van der Waals surface area contributed by atoms with Crippen molar-refractivity contribution in [2.45, 2.75) is 6.92 Å². The van der Waals surface area contributed by atoms with Gasteiger partial charge in [-0.2, -0.15) is 0 Å². The van der Waals surface area contributed by atoms with Crippen molar-refractivity contribution in [2.75, 3.05) is 7.05 Å². The third kappa shape index (κ3) is 3.67. The first kappa shape index (κ1) is 7.49. The Balaban J connectivity index is 3.56. The van der Waals surface area contributed by atoms with Crippen LogP contribution in [0.4, 0.5) is 0 Å². The van der Waals surface area contributed by atoms with E-state index in [9.17, 15) is 0 Å². The molecular formula is C4H9N3S. The van der Waals surface area contributed by atoms with Gasteiger partial charge < -0.3 is 5.73 Å². The van der Waals surface area contributed by atoms with Crippen molar-refractivity contribution in [3.05, 3.63) is 0 Å². The third-order valence-corrected chi connectivity index (χ3v) is 1.27. The smallest absolute Gasteiger partial charge is 0.157 e. The van der Waals surface area contributed by atoms with Gasteiger partial charge in [-0.3, -0.25) is 10.4 Å². The number of thioether (sulfide) groups is 1. The van der Waals surface area contributed by atoms with E-state index in [0.717, 1.165) is 5.04 Å².